The van der Waals surface area contributed by atoms with Gasteiger partial charge in [0.05, 0.1) is 12.7 Å². The van der Waals surface area contributed by atoms with Gasteiger partial charge in [-0.05, 0) is 37.1 Å². The van der Waals surface area contributed by atoms with Crippen molar-refractivity contribution in [2.75, 3.05) is 20.2 Å². The number of hydrogen-bond donors (Lipinski definition) is 1. The minimum atomic E-state index is -0.400. The number of ether oxygens (including phenoxy) is 1. The van der Waals surface area contributed by atoms with Crippen LogP contribution in [0.2, 0.25) is 0 Å². The molecule has 1 amide bonds. The highest BCUT2D eigenvalue weighted by molar-refractivity contribution is 5.96. The van der Waals surface area contributed by atoms with E-state index in [1.54, 1.807) is 29.2 Å². The summed E-state index contributed by atoms with van der Waals surface area (Å²) in [5, 5.41) is 0. The van der Waals surface area contributed by atoms with Gasteiger partial charge < -0.3 is 15.4 Å². The van der Waals surface area contributed by atoms with Crippen LogP contribution in [0.4, 0.5) is 0 Å². The molecule has 0 unspecified atom stereocenters. The van der Waals surface area contributed by atoms with E-state index in [0.29, 0.717) is 24.2 Å². The van der Waals surface area contributed by atoms with Gasteiger partial charge in [0.2, 0.25) is 0 Å². The normalized spacial score (nSPS) is 14.7. The van der Waals surface area contributed by atoms with Crippen molar-refractivity contribution in [3.05, 3.63) is 35.4 Å². The summed E-state index contributed by atoms with van der Waals surface area (Å²) in [5.41, 5.74) is 6.85. The van der Waals surface area contributed by atoms with Gasteiger partial charge in [0, 0.05) is 24.7 Å². The fourth-order valence-corrected chi connectivity index (χ4v) is 2.15. The number of halogens is 2. The van der Waals surface area contributed by atoms with Crippen molar-refractivity contribution < 1.29 is 14.3 Å². The average molecular weight is 335 g/mol. The number of esters is 1. The van der Waals surface area contributed by atoms with Gasteiger partial charge in [-0.1, -0.05) is 0 Å². The summed E-state index contributed by atoms with van der Waals surface area (Å²) in [5.74, 6) is -0.411. The molecule has 0 atom stereocenters. The standard InChI is InChI=1S/C14H18N2O3.2ClH/c1-19-14(18)11-4-2-10(3-5-11)13(17)16-8-6-12(15)7-9-16;;/h2-5,12H,6-9,15H2,1H3;2*1H. The van der Waals surface area contributed by atoms with Crippen LogP contribution in [0.15, 0.2) is 24.3 Å². The molecule has 1 fully saturated rings. The molecule has 1 aliphatic heterocycles. The number of nitrogens with zero attached hydrogens (tertiary/aromatic N) is 1. The Morgan fingerprint density at radius 2 is 1.57 bits per heavy atom. The van der Waals surface area contributed by atoms with E-state index in [9.17, 15) is 9.59 Å². The van der Waals surface area contributed by atoms with Gasteiger partial charge in [-0.15, -0.1) is 24.8 Å². The first-order chi connectivity index (χ1) is 9.11. The van der Waals surface area contributed by atoms with Crippen LogP contribution < -0.4 is 5.73 Å². The van der Waals surface area contributed by atoms with E-state index < -0.39 is 5.97 Å². The van der Waals surface area contributed by atoms with E-state index in [1.165, 1.54) is 7.11 Å². The molecule has 0 radical (unpaired) electrons. The summed E-state index contributed by atoms with van der Waals surface area (Å²) in [7, 11) is 1.33. The largest absolute Gasteiger partial charge is 0.465 e. The van der Waals surface area contributed by atoms with Gasteiger partial charge in [-0.25, -0.2) is 4.79 Å². The molecule has 0 saturated carbocycles. The molecule has 7 heteroatoms. The van der Waals surface area contributed by atoms with E-state index in [0.717, 1.165) is 12.8 Å². The number of amides is 1. The van der Waals surface area contributed by atoms with Gasteiger partial charge in [0.15, 0.2) is 0 Å². The van der Waals surface area contributed by atoms with Crippen molar-refractivity contribution in [3.63, 3.8) is 0 Å². The number of piperidine rings is 1. The smallest absolute Gasteiger partial charge is 0.337 e. The lowest BCUT2D eigenvalue weighted by molar-refractivity contribution is 0.0599. The van der Waals surface area contributed by atoms with Crippen molar-refractivity contribution in [1.29, 1.82) is 0 Å². The Labute approximate surface area is 136 Å². The number of likely N-dealkylation sites (tertiary alicyclic amines) is 1. The molecule has 1 aliphatic rings. The monoisotopic (exact) mass is 334 g/mol. The van der Waals surface area contributed by atoms with Gasteiger partial charge in [0.1, 0.15) is 0 Å². The highest BCUT2D eigenvalue weighted by Crippen LogP contribution is 2.13. The maximum absolute atomic E-state index is 12.2. The number of nitrogens with two attached hydrogens (primary N) is 1. The van der Waals surface area contributed by atoms with Crippen LogP contribution in [0.5, 0.6) is 0 Å². The third kappa shape index (κ3) is 4.88. The highest BCUT2D eigenvalue weighted by Gasteiger charge is 2.21. The molecule has 1 aromatic rings. The number of rotatable bonds is 2. The van der Waals surface area contributed by atoms with Crippen molar-refractivity contribution in [2.45, 2.75) is 18.9 Å². The number of benzene rings is 1. The average Bonchev–Trinajstić information content (AvgIpc) is 2.46. The summed E-state index contributed by atoms with van der Waals surface area (Å²) in [4.78, 5) is 25.3. The molecular formula is C14H20Cl2N2O3. The first kappa shape index (κ1) is 19.7. The van der Waals surface area contributed by atoms with Crippen LogP contribution in [-0.2, 0) is 4.74 Å². The van der Waals surface area contributed by atoms with Crippen LogP contribution in [0.25, 0.3) is 0 Å². The lowest BCUT2D eigenvalue weighted by atomic mass is 10.0. The Morgan fingerprint density at radius 1 is 1.10 bits per heavy atom. The van der Waals surface area contributed by atoms with Gasteiger partial charge in [-0.3, -0.25) is 4.79 Å². The predicted molar refractivity (Wildman–Crippen MR) is 85.4 cm³/mol. The number of methoxy groups -OCH3 is 1. The second-order valence-corrected chi connectivity index (χ2v) is 4.70. The zero-order chi connectivity index (χ0) is 13.8. The number of carbonyl (C=O) groups excluding carboxylic acids is 2. The van der Waals surface area contributed by atoms with Gasteiger partial charge in [-0.2, -0.15) is 0 Å². The van der Waals surface area contributed by atoms with Crippen LogP contribution in [-0.4, -0.2) is 43.0 Å². The second kappa shape index (κ2) is 8.87. The van der Waals surface area contributed by atoms with Gasteiger partial charge in [0.25, 0.3) is 5.91 Å². The lowest BCUT2D eigenvalue weighted by Gasteiger charge is -2.30. The van der Waals surface area contributed by atoms with Crippen molar-refractivity contribution >= 4 is 36.7 Å². The molecule has 0 aliphatic carbocycles. The predicted octanol–water partition coefficient (Wildman–Crippen LogP) is 1.88. The van der Waals surface area contributed by atoms with Crippen LogP contribution in [0.1, 0.15) is 33.6 Å². The minimum Gasteiger partial charge on any atom is -0.465 e. The Balaban J connectivity index is 0.00000200. The van der Waals surface area contributed by atoms with E-state index in [4.69, 9.17) is 5.73 Å². The summed E-state index contributed by atoms with van der Waals surface area (Å²) in [6, 6.07) is 6.72. The first-order valence-corrected chi connectivity index (χ1v) is 6.35. The summed E-state index contributed by atoms with van der Waals surface area (Å²) >= 11 is 0. The van der Waals surface area contributed by atoms with Crippen molar-refractivity contribution in [3.8, 4) is 0 Å². The summed E-state index contributed by atoms with van der Waals surface area (Å²) < 4.78 is 4.62. The van der Waals surface area contributed by atoms with Crippen LogP contribution >= 0.6 is 24.8 Å². The molecule has 118 valence electrons. The molecule has 1 heterocycles. The molecule has 0 spiro atoms. The molecule has 0 aromatic heterocycles. The Kier molecular flexibility index (Phi) is 8.32. The van der Waals surface area contributed by atoms with E-state index in [-0.39, 0.29) is 36.8 Å². The maximum Gasteiger partial charge on any atom is 0.337 e. The molecular weight excluding hydrogens is 315 g/mol. The van der Waals surface area contributed by atoms with Crippen molar-refractivity contribution in [1.82, 2.24) is 4.90 Å². The molecule has 0 bridgehead atoms. The zero-order valence-corrected chi connectivity index (χ0v) is 13.4. The third-order valence-electron chi connectivity index (χ3n) is 3.38. The summed E-state index contributed by atoms with van der Waals surface area (Å²) in [6.45, 7) is 1.39. The van der Waals surface area contributed by atoms with Crippen LogP contribution in [0.3, 0.4) is 0 Å². The quantitative estimate of drug-likeness (QED) is 0.838. The molecule has 2 rings (SSSR count). The highest BCUT2D eigenvalue weighted by atomic mass is 35.5. The van der Waals surface area contributed by atoms with Crippen molar-refractivity contribution in [2.24, 2.45) is 5.73 Å². The second-order valence-electron chi connectivity index (χ2n) is 4.70. The van der Waals surface area contributed by atoms with E-state index >= 15 is 0 Å². The Morgan fingerprint density at radius 3 is 2.05 bits per heavy atom. The zero-order valence-electron chi connectivity index (χ0n) is 11.8. The van der Waals surface area contributed by atoms with E-state index in [2.05, 4.69) is 4.74 Å². The molecule has 21 heavy (non-hydrogen) atoms. The molecule has 2 N–H and O–H groups in total. The SMILES string of the molecule is COC(=O)c1ccc(C(=O)N2CCC(N)CC2)cc1.Cl.Cl. The molecule has 1 saturated heterocycles. The topological polar surface area (TPSA) is 72.6 Å². The maximum atomic E-state index is 12.2. The van der Waals surface area contributed by atoms with E-state index in [1.807, 2.05) is 0 Å². The Bertz CT molecular complexity index is 472. The molecule has 1 aromatic carbocycles. The lowest BCUT2D eigenvalue weighted by Crippen LogP contribution is -2.42. The Hall–Kier alpha value is -1.30. The third-order valence-corrected chi connectivity index (χ3v) is 3.38. The fraction of sp³-hybridized carbons (Fsp3) is 0.429. The first-order valence-electron chi connectivity index (χ1n) is 6.35. The minimum absolute atomic E-state index is 0. The molecule has 5 nitrogen and oxygen atoms in total. The number of carbonyl (C=O) groups is 2. The fourth-order valence-electron chi connectivity index (χ4n) is 2.15. The number of hydrogen-bond acceptors (Lipinski definition) is 4. The van der Waals surface area contributed by atoms with Crippen LogP contribution in [0, 0.1) is 0 Å². The van der Waals surface area contributed by atoms with Gasteiger partial charge >= 0.3 is 5.97 Å². The summed E-state index contributed by atoms with van der Waals surface area (Å²) in [6.07, 6.45) is 1.68.